The molecular weight excluding hydrogens is 444 g/mol. The fraction of sp³-hybridized carbons (Fsp3) is 0.407. The van der Waals surface area contributed by atoms with Gasteiger partial charge in [-0.15, -0.1) is 0 Å². The molecule has 0 aliphatic carbocycles. The smallest absolute Gasteiger partial charge is 0.262 e. The van der Waals surface area contributed by atoms with E-state index in [4.69, 9.17) is 0 Å². The number of carbonyl (C=O) groups excluding carboxylic acids is 4. The van der Waals surface area contributed by atoms with Gasteiger partial charge in [0.15, 0.2) is 0 Å². The molecule has 3 saturated heterocycles. The second-order valence-electron chi connectivity index (χ2n) is 10.2. The van der Waals surface area contributed by atoms with Gasteiger partial charge in [0.05, 0.1) is 11.1 Å². The average molecular weight is 473 g/mol. The van der Waals surface area contributed by atoms with Gasteiger partial charge in [-0.25, -0.2) is 0 Å². The molecule has 6 rings (SSSR count). The van der Waals surface area contributed by atoms with E-state index < -0.39 is 23.8 Å². The van der Waals surface area contributed by atoms with Crippen molar-refractivity contribution in [2.45, 2.75) is 31.8 Å². The molecule has 8 heteroatoms. The molecule has 2 bridgehead atoms. The highest BCUT2D eigenvalue weighted by atomic mass is 16.2. The lowest BCUT2D eigenvalue weighted by Crippen LogP contribution is -2.54. The molecule has 0 radical (unpaired) electrons. The van der Waals surface area contributed by atoms with Gasteiger partial charge in [-0.1, -0.05) is 30.3 Å². The number of nitrogens with one attached hydrogen (secondary N) is 2. The Kier molecular flexibility index (Phi) is 5.50. The molecule has 4 aliphatic rings. The van der Waals surface area contributed by atoms with Gasteiger partial charge in [-0.2, -0.15) is 0 Å². The molecular formula is C27H28N4O4. The number of amides is 4. The fourth-order valence-corrected chi connectivity index (χ4v) is 6.05. The molecule has 0 spiro atoms. The van der Waals surface area contributed by atoms with Crippen LogP contribution in [0.3, 0.4) is 0 Å². The lowest BCUT2D eigenvalue weighted by molar-refractivity contribution is -0.136. The summed E-state index contributed by atoms with van der Waals surface area (Å²) in [6.07, 6.45) is 1.60. The molecule has 0 saturated carbocycles. The molecule has 4 heterocycles. The third-order valence-corrected chi connectivity index (χ3v) is 7.70. The average Bonchev–Trinajstić information content (AvgIpc) is 3.09. The molecule has 2 N–H and O–H groups in total. The number of benzene rings is 2. The predicted molar refractivity (Wildman–Crippen MR) is 128 cm³/mol. The first-order valence-electron chi connectivity index (χ1n) is 12.3. The first-order chi connectivity index (χ1) is 17.0. The molecule has 0 aromatic heterocycles. The maximum atomic E-state index is 13.1. The highest BCUT2D eigenvalue weighted by Crippen LogP contribution is 2.32. The molecule has 180 valence electrons. The van der Waals surface area contributed by atoms with Crippen LogP contribution in [0.1, 0.15) is 45.5 Å². The van der Waals surface area contributed by atoms with Crippen LogP contribution in [0, 0.1) is 11.8 Å². The zero-order chi connectivity index (χ0) is 24.1. The zero-order valence-electron chi connectivity index (χ0n) is 19.5. The topological polar surface area (TPSA) is 98.8 Å². The Hall–Kier alpha value is -3.36. The predicted octanol–water partition coefficient (Wildman–Crippen LogP) is 1.80. The summed E-state index contributed by atoms with van der Waals surface area (Å²) in [5, 5.41) is 5.76. The standard InChI is InChI=1S/C27H28N4O4/c32-24-8-7-23(25(33)29-24)31-26(34)21-6-5-20(10-22(21)27(31)35)19-3-1-16(2-4-19)13-30-14-17-9-18(15-30)12-28-11-17/h1-6,10,17-18,23,28H,7-9,11-15H2,(H,29,32,33). The molecule has 2 aromatic rings. The Morgan fingerprint density at radius 2 is 1.51 bits per heavy atom. The van der Waals surface area contributed by atoms with Crippen molar-refractivity contribution in [3.05, 3.63) is 59.2 Å². The molecule has 35 heavy (non-hydrogen) atoms. The van der Waals surface area contributed by atoms with Crippen molar-refractivity contribution < 1.29 is 19.2 Å². The van der Waals surface area contributed by atoms with Gasteiger partial charge in [-0.3, -0.25) is 34.3 Å². The molecule has 4 aliphatic heterocycles. The summed E-state index contributed by atoms with van der Waals surface area (Å²) in [4.78, 5) is 53.3. The van der Waals surface area contributed by atoms with Crippen LogP contribution in [0.15, 0.2) is 42.5 Å². The van der Waals surface area contributed by atoms with Gasteiger partial charge in [0.2, 0.25) is 11.8 Å². The van der Waals surface area contributed by atoms with Gasteiger partial charge >= 0.3 is 0 Å². The summed E-state index contributed by atoms with van der Waals surface area (Å²) in [6.45, 7) is 5.44. The lowest BCUT2D eigenvalue weighted by Gasteiger charge is -2.41. The van der Waals surface area contributed by atoms with E-state index >= 15 is 0 Å². The molecule has 3 fully saturated rings. The first kappa shape index (κ1) is 22.1. The largest absolute Gasteiger partial charge is 0.316 e. The van der Waals surface area contributed by atoms with Crippen molar-refractivity contribution in [1.82, 2.24) is 20.4 Å². The second kappa shape index (κ2) is 8.70. The molecule has 8 nitrogen and oxygen atoms in total. The minimum absolute atomic E-state index is 0.108. The lowest BCUT2D eigenvalue weighted by atomic mass is 9.85. The van der Waals surface area contributed by atoms with E-state index in [0.717, 1.165) is 60.6 Å². The zero-order valence-corrected chi connectivity index (χ0v) is 19.5. The summed E-state index contributed by atoms with van der Waals surface area (Å²) in [5.41, 5.74) is 3.68. The Labute approximate surface area is 203 Å². The van der Waals surface area contributed by atoms with Crippen LogP contribution in [-0.2, 0) is 16.1 Å². The molecule has 3 unspecified atom stereocenters. The maximum Gasteiger partial charge on any atom is 0.262 e. The van der Waals surface area contributed by atoms with Crippen molar-refractivity contribution in [2.75, 3.05) is 26.2 Å². The van der Waals surface area contributed by atoms with Gasteiger partial charge < -0.3 is 5.32 Å². The minimum atomic E-state index is -0.951. The Morgan fingerprint density at radius 1 is 0.829 bits per heavy atom. The van der Waals surface area contributed by atoms with Crippen molar-refractivity contribution in [2.24, 2.45) is 11.8 Å². The SMILES string of the molecule is O=C1CCC(N2C(=O)c3ccc(-c4ccc(CN5CC6CNCC(C6)C5)cc4)cc3C2=O)C(=O)N1. The Bertz CT molecular complexity index is 1210. The third kappa shape index (κ3) is 4.06. The van der Waals surface area contributed by atoms with E-state index in [0.29, 0.717) is 11.1 Å². The van der Waals surface area contributed by atoms with Crippen LogP contribution in [0.4, 0.5) is 0 Å². The van der Waals surface area contributed by atoms with Gasteiger partial charge in [0, 0.05) is 26.1 Å². The van der Waals surface area contributed by atoms with Crippen LogP contribution in [0.25, 0.3) is 11.1 Å². The number of hydrogen-bond donors (Lipinski definition) is 2. The molecule has 3 atom stereocenters. The minimum Gasteiger partial charge on any atom is -0.316 e. The van der Waals surface area contributed by atoms with Crippen molar-refractivity contribution >= 4 is 23.6 Å². The third-order valence-electron chi connectivity index (χ3n) is 7.70. The van der Waals surface area contributed by atoms with Crippen molar-refractivity contribution in [3.8, 4) is 11.1 Å². The quantitative estimate of drug-likeness (QED) is 0.659. The summed E-state index contributed by atoms with van der Waals surface area (Å²) in [7, 11) is 0. The van der Waals surface area contributed by atoms with Crippen LogP contribution in [-0.4, -0.2) is 65.6 Å². The number of likely N-dealkylation sites (tertiary alicyclic amines) is 1. The van der Waals surface area contributed by atoms with Crippen LogP contribution < -0.4 is 10.6 Å². The molecule has 4 amide bonds. The van der Waals surface area contributed by atoms with Gasteiger partial charge in [-0.05, 0) is 66.6 Å². The normalized spacial score (nSPS) is 26.6. The van der Waals surface area contributed by atoms with Gasteiger partial charge in [0.25, 0.3) is 11.8 Å². The maximum absolute atomic E-state index is 13.1. The van der Waals surface area contributed by atoms with E-state index in [1.807, 2.05) is 6.07 Å². The number of nitrogens with zero attached hydrogens (tertiary/aromatic N) is 2. The highest BCUT2D eigenvalue weighted by Gasteiger charge is 2.44. The number of carbonyl (C=O) groups is 4. The van der Waals surface area contributed by atoms with Crippen molar-refractivity contribution in [1.29, 1.82) is 0 Å². The monoisotopic (exact) mass is 472 g/mol. The highest BCUT2D eigenvalue weighted by molar-refractivity contribution is 6.23. The number of piperidine rings is 3. The summed E-state index contributed by atoms with van der Waals surface area (Å²) < 4.78 is 0. The van der Waals surface area contributed by atoms with E-state index in [1.165, 1.54) is 12.0 Å². The second-order valence-corrected chi connectivity index (χ2v) is 10.2. The Morgan fingerprint density at radius 3 is 2.23 bits per heavy atom. The number of fused-ring (bicyclic) bond motifs is 3. The summed E-state index contributed by atoms with van der Waals surface area (Å²) >= 11 is 0. The van der Waals surface area contributed by atoms with Crippen molar-refractivity contribution in [3.63, 3.8) is 0 Å². The summed E-state index contributed by atoms with van der Waals surface area (Å²) in [6, 6.07) is 12.7. The summed E-state index contributed by atoms with van der Waals surface area (Å²) in [5.74, 6) is -0.457. The molecule has 2 aromatic carbocycles. The van der Waals surface area contributed by atoms with E-state index in [-0.39, 0.29) is 18.7 Å². The van der Waals surface area contributed by atoms with Crippen LogP contribution >= 0.6 is 0 Å². The first-order valence-corrected chi connectivity index (χ1v) is 12.3. The van der Waals surface area contributed by atoms with E-state index in [2.05, 4.69) is 39.8 Å². The fourth-order valence-electron chi connectivity index (χ4n) is 6.05. The van der Waals surface area contributed by atoms with E-state index in [9.17, 15) is 19.2 Å². The van der Waals surface area contributed by atoms with E-state index in [1.54, 1.807) is 12.1 Å². The van der Waals surface area contributed by atoms with Crippen LogP contribution in [0.5, 0.6) is 0 Å². The van der Waals surface area contributed by atoms with Gasteiger partial charge in [0.1, 0.15) is 6.04 Å². The Balaban J connectivity index is 1.18. The number of imide groups is 2. The van der Waals surface area contributed by atoms with Crippen LogP contribution in [0.2, 0.25) is 0 Å². The number of hydrogen-bond acceptors (Lipinski definition) is 6. The number of rotatable bonds is 4.